The topological polar surface area (TPSA) is 69.6 Å². The number of rotatable bonds is 33. The maximum absolute atomic E-state index is 12.3. The van der Waals surface area contributed by atoms with Gasteiger partial charge in [-0.2, -0.15) is 0 Å². The summed E-state index contributed by atoms with van der Waals surface area (Å²) in [6.07, 6.45) is 55.4. The van der Waals surface area contributed by atoms with Crippen LogP contribution in [0.4, 0.5) is 0 Å². The van der Waals surface area contributed by atoms with Gasteiger partial charge in [0.1, 0.15) is 0 Å². The lowest BCUT2D eigenvalue weighted by molar-refractivity contribution is -0.123. The molecule has 0 fully saturated rings. The minimum atomic E-state index is -0.872. The minimum Gasteiger partial charge on any atom is -0.394 e. The molecule has 0 radical (unpaired) electrons. The molecule has 3 N–H and O–H groups in total. The second-order valence-electron chi connectivity index (χ2n) is 12.6. The molecule has 2 atom stereocenters. The van der Waals surface area contributed by atoms with Gasteiger partial charge in [0, 0.05) is 6.42 Å². The van der Waals surface area contributed by atoms with Crippen molar-refractivity contribution in [2.45, 2.75) is 174 Å². The Morgan fingerprint density at radius 1 is 0.511 bits per heavy atom. The van der Waals surface area contributed by atoms with Crippen molar-refractivity contribution < 1.29 is 15.0 Å². The van der Waals surface area contributed by atoms with Gasteiger partial charge in [-0.25, -0.2) is 0 Å². The van der Waals surface area contributed by atoms with Crippen LogP contribution in [0.5, 0.6) is 0 Å². The van der Waals surface area contributed by atoms with Gasteiger partial charge >= 0.3 is 0 Å². The zero-order valence-corrected chi connectivity index (χ0v) is 30.5. The summed E-state index contributed by atoms with van der Waals surface area (Å²) in [6.45, 7) is 4.04. The minimum absolute atomic E-state index is 0.0879. The summed E-state index contributed by atoms with van der Waals surface area (Å²) in [4.78, 5) is 12.3. The summed E-state index contributed by atoms with van der Waals surface area (Å²) in [5, 5.41) is 22.8. The highest BCUT2D eigenvalue weighted by atomic mass is 16.3. The van der Waals surface area contributed by atoms with Gasteiger partial charge in [-0.3, -0.25) is 4.79 Å². The van der Waals surface area contributed by atoms with Crippen molar-refractivity contribution in [2.24, 2.45) is 0 Å². The van der Waals surface area contributed by atoms with Crippen LogP contribution in [0.3, 0.4) is 0 Å². The summed E-state index contributed by atoms with van der Waals surface area (Å²) in [7, 11) is 0. The van der Waals surface area contributed by atoms with E-state index in [9.17, 15) is 15.0 Å². The van der Waals surface area contributed by atoms with Crippen LogP contribution in [0.1, 0.15) is 162 Å². The molecule has 0 saturated heterocycles. The van der Waals surface area contributed by atoms with Crippen LogP contribution in [0.2, 0.25) is 0 Å². The van der Waals surface area contributed by atoms with Gasteiger partial charge in [0.15, 0.2) is 0 Å². The summed E-state index contributed by atoms with van der Waals surface area (Å²) in [6, 6.07) is -0.648. The van der Waals surface area contributed by atoms with Crippen LogP contribution in [0, 0.1) is 0 Å². The fraction of sp³-hybridized carbons (Fsp3) is 0.651. The second-order valence-corrected chi connectivity index (χ2v) is 12.6. The van der Waals surface area contributed by atoms with Gasteiger partial charge in [-0.05, 0) is 77.0 Å². The number of hydrogen-bond donors (Lipinski definition) is 3. The number of aliphatic hydroxyl groups excluding tert-OH is 2. The molecule has 1 amide bonds. The number of nitrogens with one attached hydrogen (secondary N) is 1. The van der Waals surface area contributed by atoms with Gasteiger partial charge in [0.2, 0.25) is 5.91 Å². The second kappa shape index (κ2) is 38.0. The number of carbonyl (C=O) groups excluding carboxylic acids is 1. The first-order chi connectivity index (χ1) is 23.2. The maximum Gasteiger partial charge on any atom is 0.220 e. The standard InChI is InChI=1S/C43H73NO3/c1-3-5-7-9-11-13-15-16-17-18-19-20-21-22-23-24-25-26-27-28-29-31-33-35-37-39-43(47)44-41(40-45)42(46)38-36-34-32-30-14-12-10-8-6-4-2/h5-8,11,13-14,16-17,19-20,30,36,38,41-42,45-46H,3-4,9-10,12,15,18,21-29,31-35,37,39-40H2,1-2H3,(H,44,47)/b7-5-,8-6+,13-11-,17-16-,20-19-,30-14+,38-36+. The van der Waals surface area contributed by atoms with Crippen molar-refractivity contribution in [2.75, 3.05) is 6.61 Å². The Morgan fingerprint density at radius 2 is 0.894 bits per heavy atom. The average Bonchev–Trinajstić information content (AvgIpc) is 3.07. The van der Waals surface area contributed by atoms with Crippen LogP contribution in [-0.4, -0.2) is 34.9 Å². The van der Waals surface area contributed by atoms with E-state index in [0.717, 1.165) is 70.6 Å². The lowest BCUT2D eigenvalue weighted by Gasteiger charge is -2.19. The Kier molecular flexibility index (Phi) is 36.1. The molecule has 2 unspecified atom stereocenters. The number of hydrogen-bond acceptors (Lipinski definition) is 3. The van der Waals surface area contributed by atoms with Crippen molar-refractivity contribution in [1.29, 1.82) is 0 Å². The Morgan fingerprint density at radius 3 is 1.40 bits per heavy atom. The number of aliphatic hydroxyl groups is 2. The summed E-state index contributed by atoms with van der Waals surface area (Å²) in [5.74, 6) is -0.0879. The van der Waals surface area contributed by atoms with Crippen molar-refractivity contribution in [3.8, 4) is 0 Å². The number of allylic oxidation sites excluding steroid dienone is 13. The lowest BCUT2D eigenvalue weighted by atomic mass is 10.0. The van der Waals surface area contributed by atoms with Crippen LogP contribution in [0.15, 0.2) is 85.1 Å². The van der Waals surface area contributed by atoms with Crippen molar-refractivity contribution in [3.05, 3.63) is 85.1 Å². The molecule has 0 aromatic rings. The predicted octanol–water partition coefficient (Wildman–Crippen LogP) is 11.7. The number of amides is 1. The molecule has 0 aromatic carbocycles. The van der Waals surface area contributed by atoms with E-state index >= 15 is 0 Å². The van der Waals surface area contributed by atoms with Gasteiger partial charge in [0.05, 0.1) is 18.8 Å². The summed E-state index contributed by atoms with van der Waals surface area (Å²) < 4.78 is 0. The van der Waals surface area contributed by atoms with E-state index in [2.05, 4.69) is 92.1 Å². The monoisotopic (exact) mass is 652 g/mol. The predicted molar refractivity (Wildman–Crippen MR) is 207 cm³/mol. The van der Waals surface area contributed by atoms with E-state index < -0.39 is 12.1 Å². The molecule has 0 rings (SSSR count). The largest absolute Gasteiger partial charge is 0.394 e. The van der Waals surface area contributed by atoms with Crippen LogP contribution < -0.4 is 5.32 Å². The highest BCUT2D eigenvalue weighted by Gasteiger charge is 2.17. The van der Waals surface area contributed by atoms with Crippen molar-refractivity contribution in [1.82, 2.24) is 5.32 Å². The molecular formula is C43H73NO3. The van der Waals surface area contributed by atoms with Crippen molar-refractivity contribution in [3.63, 3.8) is 0 Å². The van der Waals surface area contributed by atoms with Crippen LogP contribution in [0.25, 0.3) is 0 Å². The molecular weight excluding hydrogens is 578 g/mol. The molecule has 0 aliphatic rings. The van der Waals surface area contributed by atoms with E-state index in [0.29, 0.717) is 6.42 Å². The Bertz CT molecular complexity index is 879. The highest BCUT2D eigenvalue weighted by molar-refractivity contribution is 5.76. The zero-order chi connectivity index (χ0) is 34.3. The third-order valence-corrected chi connectivity index (χ3v) is 8.10. The molecule has 0 heterocycles. The van der Waals surface area contributed by atoms with Gasteiger partial charge in [0.25, 0.3) is 0 Å². The lowest BCUT2D eigenvalue weighted by Crippen LogP contribution is -2.45. The van der Waals surface area contributed by atoms with Crippen LogP contribution in [-0.2, 0) is 4.79 Å². The van der Waals surface area contributed by atoms with Crippen molar-refractivity contribution >= 4 is 5.91 Å². The molecule has 4 heteroatoms. The summed E-state index contributed by atoms with van der Waals surface area (Å²) in [5.41, 5.74) is 0. The third kappa shape index (κ3) is 34.7. The Balaban J connectivity index is 3.60. The first-order valence-corrected chi connectivity index (χ1v) is 19.3. The Hall–Kier alpha value is -2.43. The quantitative estimate of drug-likeness (QED) is 0.0488. The molecule has 0 aliphatic heterocycles. The maximum atomic E-state index is 12.3. The number of unbranched alkanes of at least 4 members (excludes halogenated alkanes) is 14. The molecule has 268 valence electrons. The summed E-state index contributed by atoms with van der Waals surface area (Å²) >= 11 is 0. The van der Waals surface area contributed by atoms with E-state index in [1.54, 1.807) is 6.08 Å². The van der Waals surface area contributed by atoms with E-state index in [4.69, 9.17) is 0 Å². The highest BCUT2D eigenvalue weighted by Crippen LogP contribution is 2.13. The molecule has 47 heavy (non-hydrogen) atoms. The third-order valence-electron chi connectivity index (χ3n) is 8.10. The zero-order valence-electron chi connectivity index (χ0n) is 30.5. The van der Waals surface area contributed by atoms with Crippen LogP contribution >= 0.6 is 0 Å². The normalized spacial score (nSPS) is 14.0. The van der Waals surface area contributed by atoms with E-state index in [1.807, 2.05) is 6.08 Å². The van der Waals surface area contributed by atoms with Gasteiger partial charge in [-0.1, -0.05) is 163 Å². The molecule has 0 saturated carbocycles. The smallest absolute Gasteiger partial charge is 0.220 e. The number of carbonyl (C=O) groups is 1. The first kappa shape index (κ1) is 44.6. The molecule has 0 aliphatic carbocycles. The van der Waals surface area contributed by atoms with E-state index in [-0.39, 0.29) is 12.5 Å². The fourth-order valence-corrected chi connectivity index (χ4v) is 5.21. The fourth-order valence-electron chi connectivity index (χ4n) is 5.21. The van der Waals surface area contributed by atoms with Gasteiger partial charge < -0.3 is 15.5 Å². The van der Waals surface area contributed by atoms with E-state index in [1.165, 1.54) is 70.6 Å². The molecule has 0 aromatic heterocycles. The average molecular weight is 652 g/mol. The SMILES string of the molecule is CC/C=C\C/C=C\C/C=C\C/C=C\CCCCCCCCCCCCCCC(=O)NC(CO)C(O)/C=C/CC/C=C/CC/C=C/CC. The van der Waals surface area contributed by atoms with Gasteiger partial charge in [-0.15, -0.1) is 0 Å². The molecule has 0 bridgehead atoms. The Labute approximate surface area is 291 Å². The molecule has 4 nitrogen and oxygen atoms in total. The molecule has 0 spiro atoms. The first-order valence-electron chi connectivity index (χ1n) is 19.3.